The Morgan fingerprint density at radius 3 is 1.87 bits per heavy atom. The van der Waals surface area contributed by atoms with Crippen LogP contribution in [0, 0.1) is 0 Å². The van der Waals surface area contributed by atoms with Gasteiger partial charge in [-0.3, -0.25) is 19.2 Å². The first-order chi connectivity index (χ1) is 18.7. The maximum Gasteiger partial charge on any atom is 0.305 e. The van der Waals surface area contributed by atoms with Crippen LogP contribution in [0.4, 0.5) is 0 Å². The van der Waals surface area contributed by atoms with E-state index in [1.165, 1.54) is 12.1 Å². The molecule has 0 atom stereocenters. The number of phenols is 2. The maximum absolute atomic E-state index is 13.4. The molecule has 9 heteroatoms. The third kappa shape index (κ3) is 5.36. The summed E-state index contributed by atoms with van der Waals surface area (Å²) in [5.41, 5.74) is 1.25. The normalized spacial score (nSPS) is 12.3. The Kier molecular flexibility index (Phi) is 8.60. The van der Waals surface area contributed by atoms with Crippen molar-refractivity contribution in [3.8, 4) is 11.5 Å². The van der Waals surface area contributed by atoms with E-state index in [9.17, 15) is 29.4 Å². The van der Waals surface area contributed by atoms with Crippen molar-refractivity contribution in [1.29, 1.82) is 0 Å². The number of rotatable bonds is 10. The Labute approximate surface area is 231 Å². The highest BCUT2D eigenvalue weighted by molar-refractivity contribution is 7.80. The molecule has 39 heavy (non-hydrogen) atoms. The van der Waals surface area contributed by atoms with E-state index >= 15 is 0 Å². The van der Waals surface area contributed by atoms with Crippen LogP contribution in [-0.2, 0) is 31.9 Å². The summed E-state index contributed by atoms with van der Waals surface area (Å²) < 4.78 is 10.0. The number of thiol groups is 1. The molecule has 0 spiro atoms. The monoisotopic (exact) mass is 550 g/mol. The standard InChI is InChI=1S/C30H30O8S/c1-3-37-21(31)13-7-9-16-15-20-23(30(39)17(16)12-8-14-22(32)38-4-2)29(36)25-24(28(20)35)26(33)18-10-5-6-11-19(18)27(25)34/h5-6,10-11,15,35-36,39H,3-4,7-9,12-14H2,1-2H3. The number of hydrogen-bond acceptors (Lipinski definition) is 9. The first kappa shape index (κ1) is 28.2. The number of aryl methyl sites for hydroxylation is 1. The summed E-state index contributed by atoms with van der Waals surface area (Å²) >= 11 is 4.71. The quantitative estimate of drug-likeness (QED) is 0.142. The van der Waals surface area contributed by atoms with Gasteiger partial charge in [0, 0.05) is 39.6 Å². The van der Waals surface area contributed by atoms with Crippen LogP contribution in [0.1, 0.15) is 82.5 Å². The minimum atomic E-state index is -0.565. The van der Waals surface area contributed by atoms with E-state index in [4.69, 9.17) is 22.1 Å². The molecule has 204 valence electrons. The van der Waals surface area contributed by atoms with Crippen molar-refractivity contribution in [1.82, 2.24) is 0 Å². The molecule has 3 aromatic rings. The molecule has 8 nitrogen and oxygen atoms in total. The molecule has 0 aliphatic heterocycles. The number of carbonyl (C=O) groups excluding carboxylic acids is 4. The maximum atomic E-state index is 13.4. The molecule has 0 heterocycles. The van der Waals surface area contributed by atoms with Gasteiger partial charge in [0.1, 0.15) is 11.5 Å². The smallest absolute Gasteiger partial charge is 0.305 e. The Morgan fingerprint density at radius 2 is 1.33 bits per heavy atom. The molecule has 0 saturated carbocycles. The van der Waals surface area contributed by atoms with Gasteiger partial charge >= 0.3 is 11.9 Å². The zero-order valence-corrected chi connectivity index (χ0v) is 22.7. The van der Waals surface area contributed by atoms with Crippen molar-refractivity contribution < 1.29 is 38.9 Å². The van der Waals surface area contributed by atoms with E-state index < -0.39 is 23.1 Å². The van der Waals surface area contributed by atoms with Crippen molar-refractivity contribution in [2.75, 3.05) is 13.2 Å². The van der Waals surface area contributed by atoms with Crippen LogP contribution in [-0.4, -0.2) is 46.9 Å². The van der Waals surface area contributed by atoms with Gasteiger partial charge in [-0.15, -0.1) is 12.6 Å². The van der Waals surface area contributed by atoms with Gasteiger partial charge in [-0.25, -0.2) is 0 Å². The van der Waals surface area contributed by atoms with Gasteiger partial charge in [-0.05, 0) is 56.7 Å². The Bertz CT molecular complexity index is 1490. The number of carbonyl (C=O) groups is 4. The van der Waals surface area contributed by atoms with E-state index in [0.717, 1.165) is 5.56 Å². The Balaban J connectivity index is 1.84. The molecular weight excluding hydrogens is 520 g/mol. The van der Waals surface area contributed by atoms with Crippen LogP contribution < -0.4 is 0 Å². The van der Waals surface area contributed by atoms with Crippen LogP contribution in [0.5, 0.6) is 11.5 Å². The molecule has 0 amide bonds. The molecule has 0 saturated heterocycles. The third-order valence-corrected chi connectivity index (χ3v) is 7.32. The number of fused-ring (bicyclic) bond motifs is 3. The largest absolute Gasteiger partial charge is 0.506 e. The fourth-order valence-electron chi connectivity index (χ4n) is 5.08. The summed E-state index contributed by atoms with van der Waals surface area (Å²) in [6, 6.07) is 7.93. The molecule has 3 aromatic carbocycles. The van der Waals surface area contributed by atoms with Crippen molar-refractivity contribution in [3.05, 3.63) is 63.7 Å². The van der Waals surface area contributed by atoms with Gasteiger partial charge < -0.3 is 19.7 Å². The fraction of sp³-hybridized carbons (Fsp3) is 0.333. The van der Waals surface area contributed by atoms with Gasteiger partial charge in [0.25, 0.3) is 0 Å². The van der Waals surface area contributed by atoms with Gasteiger partial charge in [-0.1, -0.05) is 24.3 Å². The molecule has 1 aliphatic rings. The first-order valence-electron chi connectivity index (χ1n) is 13.0. The van der Waals surface area contributed by atoms with E-state index in [1.54, 1.807) is 32.0 Å². The minimum absolute atomic E-state index is 0.148. The van der Waals surface area contributed by atoms with Crippen LogP contribution >= 0.6 is 12.6 Å². The van der Waals surface area contributed by atoms with Crippen molar-refractivity contribution in [2.45, 2.75) is 57.3 Å². The second kappa shape index (κ2) is 11.9. The summed E-state index contributed by atoms with van der Waals surface area (Å²) in [7, 11) is 0. The lowest BCUT2D eigenvalue weighted by Crippen LogP contribution is -2.21. The zero-order valence-electron chi connectivity index (χ0n) is 21.8. The number of benzene rings is 3. The van der Waals surface area contributed by atoms with Crippen LogP contribution in [0.2, 0.25) is 0 Å². The highest BCUT2D eigenvalue weighted by atomic mass is 32.1. The van der Waals surface area contributed by atoms with E-state index in [0.29, 0.717) is 36.1 Å². The van der Waals surface area contributed by atoms with Gasteiger partial charge in [0.15, 0.2) is 11.6 Å². The number of hydrogen-bond donors (Lipinski definition) is 3. The Hall–Kier alpha value is -3.85. The van der Waals surface area contributed by atoms with E-state index in [1.807, 2.05) is 0 Å². The van der Waals surface area contributed by atoms with Gasteiger partial charge in [0.05, 0.1) is 24.3 Å². The number of esters is 2. The van der Waals surface area contributed by atoms with E-state index in [-0.39, 0.29) is 71.0 Å². The number of ketones is 2. The molecule has 1 aliphatic carbocycles. The molecule has 0 fully saturated rings. The fourth-order valence-corrected chi connectivity index (χ4v) is 5.56. The van der Waals surface area contributed by atoms with Crippen molar-refractivity contribution >= 4 is 46.9 Å². The third-order valence-electron chi connectivity index (χ3n) is 6.83. The number of phenolic OH excluding ortho intramolecular Hbond substituents is 2. The first-order valence-corrected chi connectivity index (χ1v) is 13.4. The summed E-state index contributed by atoms with van der Waals surface area (Å²) in [6.07, 6.45) is 2.06. The van der Waals surface area contributed by atoms with Crippen LogP contribution in [0.25, 0.3) is 10.8 Å². The average molecular weight is 551 g/mol. The SMILES string of the molecule is CCOC(=O)CCCc1cc2c(O)c3c(c(O)c2c(S)c1CCCC(=O)OCC)C(=O)c1ccccc1C3=O. The lowest BCUT2D eigenvalue weighted by atomic mass is 9.80. The molecule has 2 N–H and O–H groups in total. The predicted octanol–water partition coefficient (Wildman–Crippen LogP) is 5.09. The molecule has 0 radical (unpaired) electrons. The summed E-state index contributed by atoms with van der Waals surface area (Å²) in [6.45, 7) is 4.02. The predicted molar refractivity (Wildman–Crippen MR) is 147 cm³/mol. The lowest BCUT2D eigenvalue weighted by molar-refractivity contribution is -0.144. The summed E-state index contributed by atoms with van der Waals surface area (Å²) in [4.78, 5) is 50.8. The average Bonchev–Trinajstić information content (AvgIpc) is 2.91. The zero-order chi connectivity index (χ0) is 28.3. The van der Waals surface area contributed by atoms with Crippen LogP contribution in [0.15, 0.2) is 35.2 Å². The number of aromatic hydroxyl groups is 2. The summed E-state index contributed by atoms with van der Waals surface area (Å²) in [5, 5.41) is 23.0. The van der Waals surface area contributed by atoms with Crippen molar-refractivity contribution in [2.24, 2.45) is 0 Å². The highest BCUT2D eigenvalue weighted by Crippen LogP contribution is 2.48. The Morgan fingerprint density at radius 1 is 0.821 bits per heavy atom. The molecule has 4 rings (SSSR count). The minimum Gasteiger partial charge on any atom is -0.506 e. The van der Waals surface area contributed by atoms with E-state index in [2.05, 4.69) is 0 Å². The topological polar surface area (TPSA) is 127 Å². The number of ether oxygens (including phenoxy) is 2. The van der Waals surface area contributed by atoms with Crippen molar-refractivity contribution in [3.63, 3.8) is 0 Å². The molecular formula is C30H30O8S. The second-order valence-corrected chi connectivity index (χ2v) is 9.70. The summed E-state index contributed by atoms with van der Waals surface area (Å²) in [5.74, 6) is -2.63. The highest BCUT2D eigenvalue weighted by Gasteiger charge is 2.36. The molecule has 0 unspecified atom stereocenters. The van der Waals surface area contributed by atoms with Gasteiger partial charge in [-0.2, -0.15) is 0 Å². The van der Waals surface area contributed by atoms with Crippen LogP contribution in [0.3, 0.4) is 0 Å². The molecule has 0 aromatic heterocycles. The molecule has 0 bridgehead atoms. The lowest BCUT2D eigenvalue weighted by Gasteiger charge is -2.23. The van der Waals surface area contributed by atoms with Gasteiger partial charge in [0.2, 0.25) is 0 Å². The second-order valence-electron chi connectivity index (χ2n) is 9.25.